The summed E-state index contributed by atoms with van der Waals surface area (Å²) >= 11 is 0. The summed E-state index contributed by atoms with van der Waals surface area (Å²) in [4.78, 5) is 13.6. The molecule has 6 heteroatoms. The summed E-state index contributed by atoms with van der Waals surface area (Å²) in [6.07, 6.45) is -1.99. The molecular formula is C17H26F2N2O2. The lowest BCUT2D eigenvalue weighted by Gasteiger charge is -2.20. The summed E-state index contributed by atoms with van der Waals surface area (Å²) in [6.45, 7) is 4.90. The maximum atomic E-state index is 12.3. The number of nitrogens with zero attached hydrogens (tertiary/aromatic N) is 1. The number of halogens is 2. The van der Waals surface area contributed by atoms with Crippen LogP contribution in [0.5, 0.6) is 5.75 Å². The van der Waals surface area contributed by atoms with Gasteiger partial charge in [0.25, 0.3) is 6.43 Å². The van der Waals surface area contributed by atoms with Gasteiger partial charge in [0.2, 0.25) is 5.91 Å². The van der Waals surface area contributed by atoms with Crippen LogP contribution in [0.4, 0.5) is 8.78 Å². The molecule has 0 bridgehead atoms. The van der Waals surface area contributed by atoms with Crippen LogP contribution < -0.4 is 10.1 Å². The standard InChI is InChI=1S/C17H26F2N2O2/c1-4-21(12-16(18)19)9-8-20-17(22)10-13(2)14-6-5-7-15(11-14)23-3/h5-7,11,13,16H,4,8-10,12H2,1-3H3,(H,20,22)/t13-/m1/s1. The molecule has 130 valence electrons. The summed E-state index contributed by atoms with van der Waals surface area (Å²) < 4.78 is 29.9. The molecule has 0 heterocycles. The third-order valence-electron chi connectivity index (χ3n) is 3.75. The summed E-state index contributed by atoms with van der Waals surface area (Å²) in [7, 11) is 1.61. The minimum absolute atomic E-state index is 0.0634. The highest BCUT2D eigenvalue weighted by molar-refractivity contribution is 5.76. The molecule has 1 amide bonds. The van der Waals surface area contributed by atoms with Crippen molar-refractivity contribution in [1.29, 1.82) is 0 Å². The quantitative estimate of drug-likeness (QED) is 0.718. The van der Waals surface area contributed by atoms with Crippen LogP contribution in [0.2, 0.25) is 0 Å². The fourth-order valence-corrected chi connectivity index (χ4v) is 2.34. The first-order valence-electron chi connectivity index (χ1n) is 7.87. The number of hydrogen-bond acceptors (Lipinski definition) is 3. The van der Waals surface area contributed by atoms with Crippen LogP contribution in [0.1, 0.15) is 31.7 Å². The normalized spacial score (nSPS) is 12.5. The summed E-state index contributed by atoms with van der Waals surface area (Å²) in [5.74, 6) is 0.752. The van der Waals surface area contributed by atoms with E-state index in [-0.39, 0.29) is 18.4 Å². The minimum atomic E-state index is -2.35. The van der Waals surface area contributed by atoms with E-state index < -0.39 is 6.43 Å². The second kappa shape index (κ2) is 10.2. The van der Waals surface area contributed by atoms with Gasteiger partial charge in [-0.15, -0.1) is 0 Å². The second-order valence-electron chi connectivity index (χ2n) is 5.52. The zero-order chi connectivity index (χ0) is 17.2. The number of carbonyl (C=O) groups excluding carboxylic acids is 1. The average molecular weight is 328 g/mol. The molecule has 1 N–H and O–H groups in total. The maximum Gasteiger partial charge on any atom is 0.251 e. The third kappa shape index (κ3) is 7.41. The number of benzene rings is 1. The summed E-state index contributed by atoms with van der Waals surface area (Å²) in [5, 5.41) is 2.79. The molecule has 0 saturated carbocycles. The van der Waals surface area contributed by atoms with Crippen molar-refractivity contribution in [1.82, 2.24) is 10.2 Å². The lowest BCUT2D eigenvalue weighted by Crippen LogP contribution is -2.37. The molecule has 1 aromatic rings. The van der Waals surface area contributed by atoms with E-state index in [2.05, 4.69) is 5.32 Å². The lowest BCUT2D eigenvalue weighted by atomic mass is 9.97. The highest BCUT2D eigenvalue weighted by Gasteiger charge is 2.13. The zero-order valence-electron chi connectivity index (χ0n) is 14.0. The molecule has 1 atom stereocenters. The van der Waals surface area contributed by atoms with Gasteiger partial charge < -0.3 is 10.1 Å². The van der Waals surface area contributed by atoms with Crippen molar-refractivity contribution in [3.63, 3.8) is 0 Å². The zero-order valence-corrected chi connectivity index (χ0v) is 14.0. The molecule has 0 aromatic heterocycles. The topological polar surface area (TPSA) is 41.6 Å². The van der Waals surface area contributed by atoms with E-state index in [1.165, 1.54) is 0 Å². The maximum absolute atomic E-state index is 12.3. The highest BCUT2D eigenvalue weighted by Crippen LogP contribution is 2.22. The first-order valence-corrected chi connectivity index (χ1v) is 7.87. The molecule has 1 aromatic carbocycles. The molecule has 0 spiro atoms. The van der Waals surface area contributed by atoms with Gasteiger partial charge in [-0.25, -0.2) is 8.78 Å². The van der Waals surface area contributed by atoms with Gasteiger partial charge in [-0.1, -0.05) is 26.0 Å². The van der Waals surface area contributed by atoms with Crippen molar-refractivity contribution >= 4 is 5.91 Å². The number of likely N-dealkylation sites (N-methyl/N-ethyl adjacent to an activating group) is 1. The van der Waals surface area contributed by atoms with E-state index in [9.17, 15) is 13.6 Å². The van der Waals surface area contributed by atoms with Gasteiger partial charge >= 0.3 is 0 Å². The second-order valence-corrected chi connectivity index (χ2v) is 5.52. The van der Waals surface area contributed by atoms with Crippen molar-refractivity contribution in [3.05, 3.63) is 29.8 Å². The monoisotopic (exact) mass is 328 g/mol. The number of amides is 1. The van der Waals surface area contributed by atoms with Gasteiger partial charge in [0, 0.05) is 19.5 Å². The van der Waals surface area contributed by atoms with Gasteiger partial charge in [0.1, 0.15) is 5.75 Å². The van der Waals surface area contributed by atoms with Crippen LogP contribution in [0.3, 0.4) is 0 Å². The number of ether oxygens (including phenoxy) is 1. The molecule has 1 rings (SSSR count). The van der Waals surface area contributed by atoms with Gasteiger partial charge in [-0.3, -0.25) is 9.69 Å². The Morgan fingerprint density at radius 3 is 2.74 bits per heavy atom. The van der Waals surface area contributed by atoms with E-state index in [0.717, 1.165) is 11.3 Å². The Hall–Kier alpha value is -1.69. The fourth-order valence-electron chi connectivity index (χ4n) is 2.34. The van der Waals surface area contributed by atoms with Crippen LogP contribution in [0.25, 0.3) is 0 Å². The van der Waals surface area contributed by atoms with Gasteiger partial charge in [-0.05, 0) is 30.2 Å². The number of methoxy groups -OCH3 is 1. The smallest absolute Gasteiger partial charge is 0.251 e. The van der Waals surface area contributed by atoms with Crippen molar-refractivity contribution in [2.75, 3.05) is 33.3 Å². The molecule has 4 nitrogen and oxygen atoms in total. The van der Waals surface area contributed by atoms with Crippen molar-refractivity contribution in [2.24, 2.45) is 0 Å². The van der Waals surface area contributed by atoms with Crippen LogP contribution in [0, 0.1) is 0 Å². The van der Waals surface area contributed by atoms with Crippen molar-refractivity contribution in [3.8, 4) is 5.75 Å². The molecule has 23 heavy (non-hydrogen) atoms. The average Bonchev–Trinajstić information content (AvgIpc) is 2.53. The van der Waals surface area contributed by atoms with Crippen LogP contribution in [-0.4, -0.2) is 50.5 Å². The van der Waals surface area contributed by atoms with E-state index >= 15 is 0 Å². The largest absolute Gasteiger partial charge is 0.497 e. The Kier molecular flexibility index (Phi) is 8.55. The van der Waals surface area contributed by atoms with Crippen LogP contribution in [0.15, 0.2) is 24.3 Å². The highest BCUT2D eigenvalue weighted by atomic mass is 19.3. The third-order valence-corrected chi connectivity index (χ3v) is 3.75. The summed E-state index contributed by atoms with van der Waals surface area (Å²) in [6, 6.07) is 7.63. The van der Waals surface area contributed by atoms with E-state index in [1.807, 2.05) is 38.1 Å². The van der Waals surface area contributed by atoms with E-state index in [0.29, 0.717) is 26.1 Å². The minimum Gasteiger partial charge on any atom is -0.497 e. The van der Waals surface area contributed by atoms with Crippen molar-refractivity contribution < 1.29 is 18.3 Å². The first-order chi connectivity index (χ1) is 11.0. The molecule has 0 aliphatic heterocycles. The number of rotatable bonds is 10. The molecule has 0 saturated heterocycles. The van der Waals surface area contributed by atoms with E-state index in [4.69, 9.17) is 4.74 Å². The number of carbonyl (C=O) groups is 1. The van der Waals surface area contributed by atoms with Crippen molar-refractivity contribution in [2.45, 2.75) is 32.6 Å². The predicted molar refractivity (Wildman–Crippen MR) is 87.2 cm³/mol. The number of alkyl halides is 2. The Balaban J connectivity index is 2.37. The summed E-state index contributed by atoms with van der Waals surface area (Å²) in [5.41, 5.74) is 1.03. The number of hydrogen-bond donors (Lipinski definition) is 1. The van der Waals surface area contributed by atoms with Gasteiger partial charge in [0.15, 0.2) is 0 Å². The Morgan fingerprint density at radius 1 is 1.39 bits per heavy atom. The molecule has 0 fully saturated rings. The Labute approximate surface area is 136 Å². The van der Waals surface area contributed by atoms with E-state index in [1.54, 1.807) is 12.0 Å². The predicted octanol–water partition coefficient (Wildman–Crippen LogP) is 2.89. The molecule has 0 aliphatic rings. The van der Waals surface area contributed by atoms with Gasteiger partial charge in [0.05, 0.1) is 13.7 Å². The fraction of sp³-hybridized carbons (Fsp3) is 0.588. The lowest BCUT2D eigenvalue weighted by molar-refractivity contribution is -0.121. The molecule has 0 aliphatic carbocycles. The number of nitrogens with one attached hydrogen (secondary N) is 1. The first kappa shape index (κ1) is 19.4. The Morgan fingerprint density at radius 2 is 2.13 bits per heavy atom. The van der Waals surface area contributed by atoms with Gasteiger partial charge in [-0.2, -0.15) is 0 Å². The molecular weight excluding hydrogens is 302 g/mol. The molecule has 0 unspecified atom stereocenters. The van der Waals surface area contributed by atoms with Crippen LogP contribution >= 0.6 is 0 Å². The Bertz CT molecular complexity index is 483. The SMILES string of the molecule is CCN(CCNC(=O)C[C@@H](C)c1cccc(OC)c1)CC(F)F. The van der Waals surface area contributed by atoms with Crippen LogP contribution in [-0.2, 0) is 4.79 Å². The molecule has 0 radical (unpaired) electrons.